The number of hydrogen-bond donors (Lipinski definition) is 4. The van der Waals surface area contributed by atoms with Crippen molar-refractivity contribution in [3.8, 4) is 0 Å². The van der Waals surface area contributed by atoms with Crippen molar-refractivity contribution in [2.75, 3.05) is 24.7 Å². The van der Waals surface area contributed by atoms with Gasteiger partial charge in [-0.2, -0.15) is 0 Å². The number of rotatable bonds is 9. The van der Waals surface area contributed by atoms with Crippen LogP contribution in [-0.4, -0.2) is 67.7 Å². The van der Waals surface area contributed by atoms with E-state index in [0.717, 1.165) is 6.33 Å². The molecule has 1 aliphatic rings. The number of benzene rings is 1. The summed E-state index contributed by atoms with van der Waals surface area (Å²) >= 11 is 0. The molecule has 1 aromatic carbocycles. The van der Waals surface area contributed by atoms with Crippen molar-refractivity contribution in [2.45, 2.75) is 24.5 Å². The number of carbonyl (C=O) groups is 1. The number of aliphatic hydroxyl groups excluding tert-OH is 2. The fourth-order valence-corrected chi connectivity index (χ4v) is 5.52. The number of phosphoric acid groups is 2. The number of nitrogens with two attached hydrogens (primary N) is 1. The third-order valence-electron chi connectivity index (χ3n) is 5.21. The van der Waals surface area contributed by atoms with Crippen LogP contribution in [0.5, 0.6) is 0 Å². The van der Waals surface area contributed by atoms with Gasteiger partial charge >= 0.3 is 72.9 Å². The summed E-state index contributed by atoms with van der Waals surface area (Å²) in [4.78, 5) is 46.8. The Balaban J connectivity index is 0.00000267. The van der Waals surface area contributed by atoms with Gasteiger partial charge in [-0.15, -0.1) is 0 Å². The third kappa shape index (κ3) is 7.86. The van der Waals surface area contributed by atoms with Crippen LogP contribution in [0, 0.1) is 0 Å². The molecule has 5 N–H and O–H groups in total. The molecule has 17 nitrogen and oxygen atoms in total. The minimum absolute atomic E-state index is 0. The molecular weight excluding hydrogens is 584 g/mol. The predicted molar refractivity (Wildman–Crippen MR) is 119 cm³/mol. The second kappa shape index (κ2) is 13.8. The Hall–Kier alpha value is -0.980. The smallest absolute Gasteiger partial charge is 0.789 e. The number of ether oxygens (including phenoxy) is 1. The first-order chi connectivity index (χ1) is 17.4. The van der Waals surface area contributed by atoms with Gasteiger partial charge in [0.25, 0.3) is 0 Å². The number of hydrogen-bond acceptors (Lipinski definition) is 16. The fraction of sp³-hybridized carbons (Fsp3) is 0.333. The van der Waals surface area contributed by atoms with Crippen molar-refractivity contribution in [3.63, 3.8) is 0 Å². The number of nitrogens with one attached hydrogen (secondary N) is 1. The SMILES string of the molecule is CNc1ccccc1C(=O)OP(=O)(OC[C@H]1O[C@@H](n2cnc3c(N)ncnc32)[C@H](O)[C@@H]1O)OP(=O)([O-])[O-].[Na+].[Na+]. The molecule has 0 spiro atoms. The molecule has 0 radical (unpaired) electrons. The number of para-hydroxylation sites is 1. The Bertz CT molecular complexity index is 1410. The summed E-state index contributed by atoms with van der Waals surface area (Å²) in [7, 11) is -9.93. The van der Waals surface area contributed by atoms with Gasteiger partial charge in [-0.3, -0.25) is 9.09 Å². The molecule has 0 aliphatic carbocycles. The molecule has 1 unspecified atom stereocenters. The molecule has 3 heterocycles. The molecule has 39 heavy (non-hydrogen) atoms. The topological polar surface area (TPSA) is 256 Å². The van der Waals surface area contributed by atoms with Gasteiger partial charge in [-0.25, -0.2) is 28.6 Å². The first-order valence-corrected chi connectivity index (χ1v) is 13.3. The van der Waals surface area contributed by atoms with Crippen LogP contribution in [0.4, 0.5) is 11.5 Å². The molecule has 2 aromatic heterocycles. The van der Waals surface area contributed by atoms with E-state index in [2.05, 4.69) is 29.1 Å². The quantitative estimate of drug-likeness (QED) is 0.131. The van der Waals surface area contributed by atoms with Crippen LogP contribution in [0.15, 0.2) is 36.9 Å². The Morgan fingerprint density at radius 1 is 1.18 bits per heavy atom. The minimum atomic E-state index is -6.00. The number of imidazole rings is 1. The zero-order valence-corrected chi connectivity index (χ0v) is 26.6. The van der Waals surface area contributed by atoms with Crippen molar-refractivity contribution < 1.29 is 111 Å². The second-order valence-corrected chi connectivity index (χ2v) is 10.5. The molecule has 1 fully saturated rings. The second-order valence-electron chi connectivity index (χ2n) is 7.58. The molecule has 3 aromatic rings. The molecular formula is C18H20N6Na2O11P2. The number of aromatic nitrogens is 4. The minimum Gasteiger partial charge on any atom is -0.789 e. The standard InChI is InChI=1S/C18H22N6O11P2.2Na/c1-20-10-5-3-2-4-9(10)18(27)34-37(31,35-36(28,29)30)32-6-11-13(25)14(26)17(33-11)24-8-23-12-15(19)21-7-22-16(12)24;;/h2-5,7-8,11,13-14,17,20,25-26H,6H2,1H3,(H2,19,21,22)(H2,28,29,30);;/q;2*+1/p-2/t11-,13-,14-,17-,37?;;/m1../s1. The van der Waals surface area contributed by atoms with Crippen LogP contribution in [0.1, 0.15) is 16.6 Å². The van der Waals surface area contributed by atoms with Crippen LogP contribution in [0.2, 0.25) is 0 Å². The number of fused-ring (bicyclic) bond motifs is 1. The van der Waals surface area contributed by atoms with E-state index in [-0.39, 0.29) is 87.3 Å². The van der Waals surface area contributed by atoms with Crippen molar-refractivity contribution in [3.05, 3.63) is 42.5 Å². The molecule has 0 amide bonds. The number of nitrogens with zero attached hydrogens (tertiary/aromatic N) is 4. The van der Waals surface area contributed by atoms with Crippen LogP contribution >= 0.6 is 15.6 Å². The third-order valence-corrected chi connectivity index (χ3v) is 7.66. The van der Waals surface area contributed by atoms with E-state index in [1.54, 1.807) is 6.07 Å². The monoisotopic (exact) mass is 604 g/mol. The van der Waals surface area contributed by atoms with Crippen molar-refractivity contribution in [1.82, 2.24) is 19.5 Å². The van der Waals surface area contributed by atoms with E-state index >= 15 is 0 Å². The van der Waals surface area contributed by atoms with Crippen LogP contribution < -0.4 is 80.0 Å². The van der Waals surface area contributed by atoms with Gasteiger partial charge in [0.05, 0.1) is 26.3 Å². The van der Waals surface area contributed by atoms with Crippen molar-refractivity contribution in [2.24, 2.45) is 0 Å². The first-order valence-electron chi connectivity index (χ1n) is 10.4. The maximum atomic E-state index is 13.0. The molecule has 1 aliphatic heterocycles. The van der Waals surface area contributed by atoms with Crippen LogP contribution in [-0.2, 0) is 27.2 Å². The summed E-state index contributed by atoms with van der Waals surface area (Å²) in [5, 5.41) is 23.6. The first kappa shape index (κ1) is 34.2. The average Bonchev–Trinajstić information content (AvgIpc) is 3.38. The Morgan fingerprint density at radius 3 is 2.54 bits per heavy atom. The van der Waals surface area contributed by atoms with Crippen molar-refractivity contribution >= 4 is 44.3 Å². The summed E-state index contributed by atoms with van der Waals surface area (Å²) in [5.74, 6) is -1.29. The zero-order valence-electron chi connectivity index (χ0n) is 20.8. The maximum absolute atomic E-state index is 13.0. The van der Waals surface area contributed by atoms with Crippen molar-refractivity contribution in [1.29, 1.82) is 0 Å². The molecule has 5 atom stereocenters. The van der Waals surface area contributed by atoms with E-state index < -0.39 is 52.8 Å². The Kier molecular flexibility index (Phi) is 12.1. The maximum Gasteiger partial charge on any atom is 1.00 e. The Labute approximate surface area is 264 Å². The van der Waals surface area contributed by atoms with Gasteiger partial charge in [0.1, 0.15) is 30.2 Å². The molecule has 4 rings (SSSR count). The van der Waals surface area contributed by atoms with Gasteiger partial charge in [0, 0.05) is 12.7 Å². The average molecular weight is 604 g/mol. The van der Waals surface area contributed by atoms with Gasteiger partial charge < -0.3 is 44.9 Å². The van der Waals surface area contributed by atoms with E-state index in [9.17, 15) is 33.9 Å². The summed E-state index contributed by atoms with van der Waals surface area (Å²) in [6.07, 6.45) is -3.67. The fourth-order valence-electron chi connectivity index (χ4n) is 3.54. The molecule has 200 valence electrons. The number of phosphoric ester groups is 1. The van der Waals surface area contributed by atoms with Gasteiger partial charge in [-0.1, -0.05) is 12.1 Å². The number of carbonyl (C=O) groups excluding carboxylic acids is 1. The number of anilines is 2. The molecule has 0 saturated carbocycles. The summed E-state index contributed by atoms with van der Waals surface area (Å²) < 4.78 is 44.5. The van der Waals surface area contributed by atoms with E-state index in [1.807, 2.05) is 0 Å². The summed E-state index contributed by atoms with van der Waals surface area (Å²) in [5.41, 5.74) is 6.15. The van der Waals surface area contributed by atoms with E-state index in [0.29, 0.717) is 0 Å². The largest absolute Gasteiger partial charge is 1.00 e. The number of nitrogen functional groups attached to an aromatic ring is 1. The summed E-state index contributed by atoms with van der Waals surface area (Å²) in [6.45, 7) is -0.934. The molecule has 0 bridgehead atoms. The molecule has 21 heteroatoms. The number of aliphatic hydroxyl groups is 2. The van der Waals surface area contributed by atoms with E-state index in [4.69, 9.17) is 15.0 Å². The van der Waals surface area contributed by atoms with Gasteiger partial charge in [0.2, 0.25) is 0 Å². The van der Waals surface area contributed by atoms with Gasteiger partial charge in [-0.05, 0) is 12.1 Å². The molecule has 1 saturated heterocycles. The predicted octanol–water partition coefficient (Wildman–Crippen LogP) is -7.10. The summed E-state index contributed by atoms with van der Waals surface area (Å²) in [6, 6.07) is 5.75. The van der Waals surface area contributed by atoms with E-state index in [1.165, 1.54) is 36.1 Å². The van der Waals surface area contributed by atoms with Gasteiger partial charge in [0.15, 0.2) is 17.7 Å². The zero-order chi connectivity index (χ0) is 27.0. The normalized spacial score (nSPS) is 22.4. The Morgan fingerprint density at radius 2 is 1.87 bits per heavy atom. The van der Waals surface area contributed by atoms with Crippen LogP contribution in [0.3, 0.4) is 0 Å². The van der Waals surface area contributed by atoms with Crippen LogP contribution in [0.25, 0.3) is 11.2 Å².